The van der Waals surface area contributed by atoms with Gasteiger partial charge >= 0.3 is 0 Å². The van der Waals surface area contributed by atoms with Crippen molar-refractivity contribution in [3.05, 3.63) is 42.4 Å². The smallest absolute Gasteiger partial charge is 0.0444 e. The zero-order valence-electron chi connectivity index (χ0n) is 10.9. The van der Waals surface area contributed by atoms with Crippen molar-refractivity contribution in [1.82, 2.24) is 14.2 Å². The molecule has 0 radical (unpaired) electrons. The lowest BCUT2D eigenvalue weighted by Gasteiger charge is -2.38. The standard InChI is InChI=1S/C14H21N3S/c1-12(2)17(11-13-4-3-7-15-10-13)14-5-8-16(18)9-6-14/h3-4,7,10,14,18H,1,5-6,8-9,11H2,2H3. The van der Waals surface area contributed by atoms with Gasteiger partial charge in [0.2, 0.25) is 0 Å². The van der Waals surface area contributed by atoms with Gasteiger partial charge in [-0.2, -0.15) is 0 Å². The molecule has 0 unspecified atom stereocenters. The Kier molecular flexibility index (Phi) is 4.66. The highest BCUT2D eigenvalue weighted by molar-refractivity contribution is 7.77. The molecular weight excluding hydrogens is 242 g/mol. The first-order valence-electron chi connectivity index (χ1n) is 6.41. The fourth-order valence-corrected chi connectivity index (χ4v) is 2.66. The maximum absolute atomic E-state index is 4.40. The van der Waals surface area contributed by atoms with Crippen molar-refractivity contribution < 1.29 is 0 Å². The number of pyridine rings is 1. The van der Waals surface area contributed by atoms with Crippen LogP contribution in [0.1, 0.15) is 25.3 Å². The lowest BCUT2D eigenvalue weighted by Crippen LogP contribution is -2.41. The highest BCUT2D eigenvalue weighted by Crippen LogP contribution is 2.22. The van der Waals surface area contributed by atoms with Crippen LogP contribution in [-0.2, 0) is 6.54 Å². The fourth-order valence-electron chi connectivity index (χ4n) is 2.43. The van der Waals surface area contributed by atoms with E-state index in [0.29, 0.717) is 6.04 Å². The van der Waals surface area contributed by atoms with E-state index in [-0.39, 0.29) is 0 Å². The number of thiol groups is 1. The monoisotopic (exact) mass is 263 g/mol. The second kappa shape index (κ2) is 6.25. The van der Waals surface area contributed by atoms with Gasteiger partial charge < -0.3 is 4.90 Å². The van der Waals surface area contributed by atoms with Crippen molar-refractivity contribution in [3.8, 4) is 0 Å². The molecule has 0 aliphatic carbocycles. The second-order valence-electron chi connectivity index (χ2n) is 4.91. The van der Waals surface area contributed by atoms with Crippen molar-refractivity contribution >= 4 is 12.8 Å². The van der Waals surface area contributed by atoms with Crippen LogP contribution in [0.15, 0.2) is 36.8 Å². The number of hydrogen-bond donors (Lipinski definition) is 1. The third-order valence-corrected chi connectivity index (χ3v) is 3.85. The number of allylic oxidation sites excluding steroid dienone is 1. The molecule has 2 rings (SSSR count). The number of nitrogens with zero attached hydrogens (tertiary/aromatic N) is 3. The zero-order valence-corrected chi connectivity index (χ0v) is 11.8. The van der Waals surface area contributed by atoms with Crippen molar-refractivity contribution in [2.75, 3.05) is 13.1 Å². The number of rotatable bonds is 4. The average Bonchev–Trinajstić information content (AvgIpc) is 2.38. The van der Waals surface area contributed by atoms with Crippen molar-refractivity contribution in [3.63, 3.8) is 0 Å². The van der Waals surface area contributed by atoms with Gasteiger partial charge in [-0.3, -0.25) is 9.29 Å². The van der Waals surface area contributed by atoms with Gasteiger partial charge in [-0.25, -0.2) is 0 Å². The van der Waals surface area contributed by atoms with Crippen LogP contribution in [0.4, 0.5) is 0 Å². The van der Waals surface area contributed by atoms with Crippen LogP contribution >= 0.6 is 12.8 Å². The van der Waals surface area contributed by atoms with Gasteiger partial charge in [0.15, 0.2) is 0 Å². The van der Waals surface area contributed by atoms with Gasteiger partial charge in [0.25, 0.3) is 0 Å². The quantitative estimate of drug-likeness (QED) is 0.843. The number of piperidine rings is 1. The van der Waals surface area contributed by atoms with E-state index < -0.39 is 0 Å². The van der Waals surface area contributed by atoms with Crippen molar-refractivity contribution in [1.29, 1.82) is 0 Å². The summed E-state index contributed by atoms with van der Waals surface area (Å²) in [5.41, 5.74) is 2.38. The molecule has 0 bridgehead atoms. The van der Waals surface area contributed by atoms with E-state index in [0.717, 1.165) is 38.2 Å². The van der Waals surface area contributed by atoms with Gasteiger partial charge in [-0.05, 0) is 31.4 Å². The van der Waals surface area contributed by atoms with Gasteiger partial charge in [-0.15, -0.1) is 0 Å². The third kappa shape index (κ3) is 3.50. The number of aromatic nitrogens is 1. The Bertz CT molecular complexity index is 385. The molecular formula is C14H21N3S. The van der Waals surface area contributed by atoms with E-state index in [2.05, 4.69) is 46.6 Å². The molecule has 3 nitrogen and oxygen atoms in total. The molecule has 0 N–H and O–H groups in total. The summed E-state index contributed by atoms with van der Waals surface area (Å²) in [6.45, 7) is 9.20. The molecule has 98 valence electrons. The maximum Gasteiger partial charge on any atom is 0.0444 e. The lowest BCUT2D eigenvalue weighted by molar-refractivity contribution is 0.175. The summed E-state index contributed by atoms with van der Waals surface area (Å²) in [7, 11) is 0. The summed E-state index contributed by atoms with van der Waals surface area (Å²) in [6.07, 6.45) is 6.05. The fraction of sp³-hybridized carbons (Fsp3) is 0.500. The summed E-state index contributed by atoms with van der Waals surface area (Å²) in [4.78, 5) is 6.58. The molecule has 0 spiro atoms. The molecule has 4 heteroatoms. The molecule has 1 aromatic heterocycles. The van der Waals surface area contributed by atoms with Crippen molar-refractivity contribution in [2.45, 2.75) is 32.4 Å². The molecule has 0 amide bonds. The Morgan fingerprint density at radius 2 is 2.28 bits per heavy atom. The van der Waals surface area contributed by atoms with E-state index in [1.165, 1.54) is 5.56 Å². The summed E-state index contributed by atoms with van der Waals surface area (Å²) in [5.74, 6) is 0. The van der Waals surface area contributed by atoms with Gasteiger partial charge in [0.05, 0.1) is 0 Å². The van der Waals surface area contributed by atoms with Crippen molar-refractivity contribution in [2.24, 2.45) is 0 Å². The topological polar surface area (TPSA) is 19.4 Å². The molecule has 0 saturated carbocycles. The predicted octanol–water partition coefficient (Wildman–Crippen LogP) is 2.73. The third-order valence-electron chi connectivity index (χ3n) is 3.45. The molecule has 2 heterocycles. The van der Waals surface area contributed by atoms with Crippen LogP contribution in [-0.4, -0.2) is 33.3 Å². The van der Waals surface area contributed by atoms with Gasteiger partial charge in [0.1, 0.15) is 0 Å². The Hall–Kier alpha value is -1.00. The Morgan fingerprint density at radius 1 is 1.56 bits per heavy atom. The molecule has 0 atom stereocenters. The molecule has 0 aromatic carbocycles. The lowest BCUT2D eigenvalue weighted by atomic mass is 10.0. The molecule has 1 aliphatic rings. The first-order valence-corrected chi connectivity index (χ1v) is 6.81. The van der Waals surface area contributed by atoms with Crippen LogP contribution in [0.3, 0.4) is 0 Å². The minimum absolute atomic E-state index is 0.575. The molecule has 1 saturated heterocycles. The van der Waals surface area contributed by atoms with Crippen LogP contribution in [0.2, 0.25) is 0 Å². The highest BCUT2D eigenvalue weighted by Gasteiger charge is 2.23. The Labute approximate surface area is 115 Å². The maximum atomic E-state index is 4.40. The largest absolute Gasteiger partial charge is 0.368 e. The summed E-state index contributed by atoms with van der Waals surface area (Å²) >= 11 is 4.40. The first kappa shape index (κ1) is 13.4. The van der Waals surface area contributed by atoms with E-state index >= 15 is 0 Å². The van der Waals surface area contributed by atoms with E-state index in [1.807, 2.05) is 18.5 Å². The van der Waals surface area contributed by atoms with Crippen LogP contribution in [0, 0.1) is 0 Å². The molecule has 1 aromatic rings. The van der Waals surface area contributed by atoms with Crippen LogP contribution < -0.4 is 0 Å². The Morgan fingerprint density at radius 3 is 2.83 bits per heavy atom. The number of hydrogen-bond acceptors (Lipinski definition) is 4. The van der Waals surface area contributed by atoms with E-state index in [9.17, 15) is 0 Å². The normalized spacial score (nSPS) is 17.7. The highest BCUT2D eigenvalue weighted by atomic mass is 32.1. The predicted molar refractivity (Wildman–Crippen MR) is 78.2 cm³/mol. The van der Waals surface area contributed by atoms with Crippen LogP contribution in [0.25, 0.3) is 0 Å². The van der Waals surface area contributed by atoms with E-state index in [4.69, 9.17) is 0 Å². The average molecular weight is 263 g/mol. The van der Waals surface area contributed by atoms with Gasteiger partial charge in [0, 0.05) is 43.8 Å². The minimum Gasteiger partial charge on any atom is -0.368 e. The second-order valence-corrected chi connectivity index (χ2v) is 5.47. The zero-order chi connectivity index (χ0) is 13.0. The summed E-state index contributed by atoms with van der Waals surface area (Å²) in [5, 5.41) is 0. The first-order chi connectivity index (χ1) is 8.66. The van der Waals surface area contributed by atoms with E-state index in [1.54, 1.807) is 0 Å². The molecule has 18 heavy (non-hydrogen) atoms. The Balaban J connectivity index is 2.02. The molecule has 1 fully saturated rings. The SMILES string of the molecule is C=C(C)N(Cc1cccnc1)C1CCN(S)CC1. The van der Waals surface area contributed by atoms with Gasteiger partial charge in [-0.1, -0.05) is 25.5 Å². The molecule has 1 aliphatic heterocycles. The minimum atomic E-state index is 0.575. The summed E-state index contributed by atoms with van der Waals surface area (Å²) in [6, 6.07) is 4.69. The summed E-state index contributed by atoms with van der Waals surface area (Å²) < 4.78 is 2.09. The van der Waals surface area contributed by atoms with Crippen LogP contribution in [0.5, 0.6) is 0 Å².